The second kappa shape index (κ2) is 5.00. The van der Waals surface area contributed by atoms with Gasteiger partial charge in [0.15, 0.2) is 0 Å². The molecule has 6 nitrogen and oxygen atoms in total. The van der Waals surface area contributed by atoms with Gasteiger partial charge in [0.1, 0.15) is 5.82 Å². The number of hydrogen-bond acceptors (Lipinski definition) is 5. The van der Waals surface area contributed by atoms with E-state index in [9.17, 15) is 9.59 Å². The zero-order chi connectivity index (χ0) is 9.56. The maximum atomic E-state index is 10.5. The Bertz CT molecular complexity index is 212. The molecule has 0 saturated heterocycles. The van der Waals surface area contributed by atoms with Gasteiger partial charge in [-0.3, -0.25) is 15.6 Å². The van der Waals surface area contributed by atoms with Crippen LogP contribution in [-0.4, -0.2) is 19.0 Å². The Hall–Kier alpha value is -1.72. The van der Waals surface area contributed by atoms with E-state index < -0.39 is 5.97 Å². The zero-order valence-electron chi connectivity index (χ0n) is 6.88. The number of hydrazine groups is 1. The molecule has 0 aromatic carbocycles. The van der Waals surface area contributed by atoms with E-state index in [1.807, 2.05) is 0 Å². The fourth-order valence-corrected chi connectivity index (χ4v) is 0.382. The second-order valence-corrected chi connectivity index (χ2v) is 1.93. The van der Waals surface area contributed by atoms with Crippen LogP contribution in [0.2, 0.25) is 0 Å². The molecule has 12 heavy (non-hydrogen) atoms. The van der Waals surface area contributed by atoms with Gasteiger partial charge in [-0.15, -0.1) is 0 Å². The molecule has 0 atom stereocenters. The minimum absolute atomic E-state index is 0.0112. The van der Waals surface area contributed by atoms with Gasteiger partial charge in [-0.2, -0.15) is 0 Å². The summed E-state index contributed by atoms with van der Waals surface area (Å²) in [6, 6.07) is 0. The molecule has 0 aliphatic heterocycles. The molecule has 0 spiro atoms. The number of carbonyl (C=O) groups excluding carboxylic acids is 2. The highest BCUT2D eigenvalue weighted by atomic mass is 16.5. The summed E-state index contributed by atoms with van der Waals surface area (Å²) in [7, 11) is 1.23. The minimum Gasteiger partial charge on any atom is -0.466 e. The normalized spacial score (nSPS) is 10.3. The van der Waals surface area contributed by atoms with E-state index in [4.69, 9.17) is 5.73 Å². The molecule has 0 aliphatic carbocycles. The van der Waals surface area contributed by atoms with Crippen molar-refractivity contribution in [3.8, 4) is 0 Å². The summed E-state index contributed by atoms with van der Waals surface area (Å²) < 4.78 is 4.28. The van der Waals surface area contributed by atoms with Crippen molar-refractivity contribution in [1.82, 2.24) is 10.9 Å². The van der Waals surface area contributed by atoms with Crippen molar-refractivity contribution in [2.24, 2.45) is 5.73 Å². The molecule has 1 amide bonds. The number of carbonyl (C=O) groups is 2. The highest BCUT2D eigenvalue weighted by Crippen LogP contribution is 1.79. The van der Waals surface area contributed by atoms with E-state index in [0.29, 0.717) is 0 Å². The standard InChI is InChI=1S/C6H11N3O3/c1-4(10)8-9-5(7)3-6(11)12-2/h3,9H,7H2,1-2H3,(H,8,10)/b5-3-. The third-order valence-electron chi connectivity index (χ3n) is 0.857. The predicted molar refractivity (Wildman–Crippen MR) is 41.2 cm³/mol. The summed E-state index contributed by atoms with van der Waals surface area (Å²) in [6.45, 7) is 1.30. The Kier molecular flexibility index (Phi) is 4.28. The van der Waals surface area contributed by atoms with E-state index >= 15 is 0 Å². The number of hydrogen-bond donors (Lipinski definition) is 3. The topological polar surface area (TPSA) is 93.4 Å². The molecule has 0 heterocycles. The maximum absolute atomic E-state index is 10.5. The zero-order valence-corrected chi connectivity index (χ0v) is 6.88. The summed E-state index contributed by atoms with van der Waals surface area (Å²) in [4.78, 5) is 20.9. The molecule has 0 rings (SSSR count). The third-order valence-corrected chi connectivity index (χ3v) is 0.857. The van der Waals surface area contributed by atoms with Crippen molar-refractivity contribution in [1.29, 1.82) is 0 Å². The fraction of sp³-hybridized carbons (Fsp3) is 0.333. The van der Waals surface area contributed by atoms with Gasteiger partial charge in [-0.1, -0.05) is 0 Å². The molecule has 0 saturated carbocycles. The molecule has 0 aromatic rings. The Morgan fingerprint density at radius 2 is 2.00 bits per heavy atom. The summed E-state index contributed by atoms with van der Waals surface area (Å²) in [5.74, 6) is -0.890. The summed E-state index contributed by atoms with van der Waals surface area (Å²) in [6.07, 6.45) is 1.01. The first kappa shape index (κ1) is 10.3. The first-order valence-corrected chi connectivity index (χ1v) is 3.14. The first-order valence-electron chi connectivity index (χ1n) is 3.14. The maximum Gasteiger partial charge on any atom is 0.334 e. The predicted octanol–water partition coefficient (Wildman–Crippen LogP) is -1.40. The lowest BCUT2D eigenvalue weighted by Gasteiger charge is -2.04. The average molecular weight is 173 g/mol. The van der Waals surface area contributed by atoms with Gasteiger partial charge >= 0.3 is 5.97 Å². The average Bonchev–Trinajstić information content (AvgIpc) is 2.00. The molecular weight excluding hydrogens is 162 g/mol. The molecule has 0 bridgehead atoms. The smallest absolute Gasteiger partial charge is 0.334 e. The molecular formula is C6H11N3O3. The van der Waals surface area contributed by atoms with Crippen LogP contribution < -0.4 is 16.6 Å². The van der Waals surface area contributed by atoms with Crippen LogP contribution in [-0.2, 0) is 14.3 Å². The summed E-state index contributed by atoms with van der Waals surface area (Å²) in [5.41, 5.74) is 9.70. The minimum atomic E-state index is -0.592. The van der Waals surface area contributed by atoms with E-state index in [-0.39, 0.29) is 11.7 Å². The van der Waals surface area contributed by atoms with Gasteiger partial charge < -0.3 is 10.5 Å². The van der Waals surface area contributed by atoms with Crippen molar-refractivity contribution >= 4 is 11.9 Å². The molecule has 6 heteroatoms. The van der Waals surface area contributed by atoms with Crippen molar-refractivity contribution in [3.63, 3.8) is 0 Å². The number of nitrogens with two attached hydrogens (primary N) is 1. The monoisotopic (exact) mass is 173 g/mol. The van der Waals surface area contributed by atoms with Gasteiger partial charge in [0.05, 0.1) is 13.2 Å². The van der Waals surface area contributed by atoms with Crippen LogP contribution in [0.1, 0.15) is 6.92 Å². The van der Waals surface area contributed by atoms with Gasteiger partial charge in [-0.25, -0.2) is 4.79 Å². The van der Waals surface area contributed by atoms with Crippen LogP contribution in [0.4, 0.5) is 0 Å². The lowest BCUT2D eigenvalue weighted by atomic mass is 10.6. The Morgan fingerprint density at radius 1 is 1.42 bits per heavy atom. The number of ether oxygens (including phenoxy) is 1. The summed E-state index contributed by atoms with van der Waals surface area (Å²) in [5, 5.41) is 0. The van der Waals surface area contributed by atoms with Crippen LogP contribution in [0.15, 0.2) is 11.9 Å². The van der Waals surface area contributed by atoms with E-state index in [1.54, 1.807) is 0 Å². The molecule has 0 aromatic heterocycles. The van der Waals surface area contributed by atoms with Gasteiger partial charge in [-0.05, 0) is 0 Å². The fourth-order valence-electron chi connectivity index (χ4n) is 0.382. The van der Waals surface area contributed by atoms with E-state index in [1.165, 1.54) is 14.0 Å². The van der Waals surface area contributed by atoms with Crippen LogP contribution in [0.5, 0.6) is 0 Å². The number of nitrogens with one attached hydrogen (secondary N) is 2. The van der Waals surface area contributed by atoms with Crippen LogP contribution in [0.25, 0.3) is 0 Å². The van der Waals surface area contributed by atoms with Gasteiger partial charge in [0.2, 0.25) is 5.91 Å². The van der Waals surface area contributed by atoms with Crippen molar-refractivity contribution in [2.75, 3.05) is 7.11 Å². The molecule has 0 fully saturated rings. The lowest BCUT2D eigenvalue weighted by Crippen LogP contribution is -2.38. The highest BCUT2D eigenvalue weighted by Gasteiger charge is 1.96. The molecule has 0 aliphatic rings. The molecule has 0 unspecified atom stereocenters. The molecule has 68 valence electrons. The quantitative estimate of drug-likeness (QED) is 0.277. The lowest BCUT2D eigenvalue weighted by molar-refractivity contribution is -0.135. The number of methoxy groups -OCH3 is 1. The number of rotatable bonds is 3. The van der Waals surface area contributed by atoms with Crippen molar-refractivity contribution in [2.45, 2.75) is 6.92 Å². The van der Waals surface area contributed by atoms with Crippen LogP contribution in [0, 0.1) is 0 Å². The van der Waals surface area contributed by atoms with Crippen molar-refractivity contribution < 1.29 is 14.3 Å². The third kappa shape index (κ3) is 5.10. The Labute approximate surface area is 69.7 Å². The molecule has 0 radical (unpaired) electrons. The second-order valence-electron chi connectivity index (χ2n) is 1.93. The summed E-state index contributed by atoms with van der Waals surface area (Å²) >= 11 is 0. The number of amides is 1. The number of esters is 1. The van der Waals surface area contributed by atoms with Crippen LogP contribution in [0.3, 0.4) is 0 Å². The Morgan fingerprint density at radius 3 is 2.42 bits per heavy atom. The SMILES string of the molecule is COC(=O)/C=C(/N)NNC(C)=O. The van der Waals surface area contributed by atoms with E-state index in [0.717, 1.165) is 6.08 Å². The largest absolute Gasteiger partial charge is 0.466 e. The van der Waals surface area contributed by atoms with Gasteiger partial charge in [0.25, 0.3) is 0 Å². The van der Waals surface area contributed by atoms with Crippen molar-refractivity contribution in [3.05, 3.63) is 11.9 Å². The highest BCUT2D eigenvalue weighted by molar-refractivity contribution is 5.82. The van der Waals surface area contributed by atoms with E-state index in [2.05, 4.69) is 15.6 Å². The Balaban J connectivity index is 3.85. The first-order chi connectivity index (χ1) is 5.56. The van der Waals surface area contributed by atoms with Crippen LogP contribution >= 0.6 is 0 Å². The van der Waals surface area contributed by atoms with Gasteiger partial charge in [0, 0.05) is 6.92 Å². The molecule has 4 N–H and O–H groups in total.